The molecule has 1 fully saturated rings. The Kier molecular flexibility index (Phi) is 5.13. The van der Waals surface area contributed by atoms with Gasteiger partial charge in [-0.1, -0.05) is 47.5 Å². The molecule has 5 heteroatoms. The van der Waals surface area contributed by atoms with Crippen LogP contribution in [0.2, 0.25) is 0 Å². The minimum atomic E-state index is -0.532. The van der Waals surface area contributed by atoms with E-state index in [-0.39, 0.29) is 17.2 Å². The second-order valence-electron chi connectivity index (χ2n) is 6.41. The Hall–Kier alpha value is -2.27. The summed E-state index contributed by atoms with van der Waals surface area (Å²) < 4.78 is 0. The normalized spacial score (nSPS) is 18.3. The SMILES string of the molecule is Cc1ccc(NC(=O)[C@@H](C)N2C(=O)CS[C@@H]2c2ccc(C)cc2)cc1. The van der Waals surface area contributed by atoms with Crippen LogP contribution in [0.25, 0.3) is 0 Å². The van der Waals surface area contributed by atoms with Gasteiger partial charge in [-0.15, -0.1) is 11.8 Å². The van der Waals surface area contributed by atoms with E-state index in [1.165, 1.54) is 5.56 Å². The standard InChI is InChI=1S/C20H22N2O2S/c1-13-4-8-16(9-5-13)20-22(18(23)12-25-20)15(3)19(24)21-17-10-6-14(2)7-11-17/h4-11,15,20H,12H2,1-3H3,(H,21,24)/t15-,20-/m1/s1. The van der Waals surface area contributed by atoms with E-state index in [0.29, 0.717) is 5.75 Å². The highest BCUT2D eigenvalue weighted by molar-refractivity contribution is 8.00. The molecule has 1 saturated heterocycles. The monoisotopic (exact) mass is 354 g/mol. The van der Waals surface area contributed by atoms with Gasteiger partial charge in [0.2, 0.25) is 11.8 Å². The Morgan fingerprint density at radius 1 is 1.08 bits per heavy atom. The molecule has 0 radical (unpaired) electrons. The van der Waals surface area contributed by atoms with Crippen LogP contribution in [-0.2, 0) is 9.59 Å². The smallest absolute Gasteiger partial charge is 0.246 e. The summed E-state index contributed by atoms with van der Waals surface area (Å²) in [5, 5.41) is 2.79. The Morgan fingerprint density at radius 3 is 2.24 bits per heavy atom. The largest absolute Gasteiger partial charge is 0.324 e. The zero-order valence-corrected chi connectivity index (χ0v) is 15.5. The number of anilines is 1. The molecule has 4 nitrogen and oxygen atoms in total. The Morgan fingerprint density at radius 2 is 1.64 bits per heavy atom. The van der Waals surface area contributed by atoms with Gasteiger partial charge in [0.05, 0.1) is 5.75 Å². The summed E-state index contributed by atoms with van der Waals surface area (Å²) >= 11 is 1.57. The van der Waals surface area contributed by atoms with E-state index in [0.717, 1.165) is 16.8 Å². The highest BCUT2D eigenvalue weighted by Gasteiger charge is 2.38. The maximum atomic E-state index is 12.6. The lowest BCUT2D eigenvalue weighted by molar-refractivity contribution is -0.135. The van der Waals surface area contributed by atoms with E-state index >= 15 is 0 Å². The van der Waals surface area contributed by atoms with Crippen molar-refractivity contribution in [1.82, 2.24) is 4.90 Å². The van der Waals surface area contributed by atoms with Gasteiger partial charge >= 0.3 is 0 Å². The number of thioether (sulfide) groups is 1. The zero-order valence-electron chi connectivity index (χ0n) is 14.7. The molecular formula is C20H22N2O2S. The molecule has 2 amide bonds. The van der Waals surface area contributed by atoms with Crippen molar-refractivity contribution in [3.63, 3.8) is 0 Å². The Labute approximate surface area is 152 Å². The van der Waals surface area contributed by atoms with Gasteiger partial charge in [0, 0.05) is 5.69 Å². The molecule has 1 heterocycles. The van der Waals surface area contributed by atoms with Crippen LogP contribution in [0, 0.1) is 13.8 Å². The lowest BCUT2D eigenvalue weighted by atomic mass is 10.1. The highest BCUT2D eigenvalue weighted by Crippen LogP contribution is 2.40. The molecule has 130 valence electrons. The second kappa shape index (κ2) is 7.31. The molecule has 3 rings (SSSR count). The topological polar surface area (TPSA) is 49.4 Å². The number of carbonyl (C=O) groups excluding carboxylic acids is 2. The van der Waals surface area contributed by atoms with Crippen LogP contribution in [0.1, 0.15) is 29.0 Å². The van der Waals surface area contributed by atoms with Gasteiger partial charge in [0.15, 0.2) is 0 Å². The fraction of sp³-hybridized carbons (Fsp3) is 0.300. The van der Waals surface area contributed by atoms with E-state index in [9.17, 15) is 9.59 Å². The van der Waals surface area contributed by atoms with Crippen LogP contribution in [0.5, 0.6) is 0 Å². The van der Waals surface area contributed by atoms with Crippen molar-refractivity contribution in [2.24, 2.45) is 0 Å². The fourth-order valence-corrected chi connectivity index (χ4v) is 4.11. The first-order valence-electron chi connectivity index (χ1n) is 8.32. The minimum absolute atomic E-state index is 0.00197. The molecule has 2 aromatic rings. The summed E-state index contributed by atoms with van der Waals surface area (Å²) in [6, 6.07) is 15.2. The van der Waals surface area contributed by atoms with Crippen molar-refractivity contribution in [3.8, 4) is 0 Å². The molecule has 0 unspecified atom stereocenters. The van der Waals surface area contributed by atoms with Gasteiger partial charge in [0.25, 0.3) is 0 Å². The van der Waals surface area contributed by atoms with Crippen molar-refractivity contribution < 1.29 is 9.59 Å². The van der Waals surface area contributed by atoms with Crippen LogP contribution < -0.4 is 5.32 Å². The number of hydrogen-bond donors (Lipinski definition) is 1. The zero-order chi connectivity index (χ0) is 18.0. The molecule has 2 atom stereocenters. The molecule has 1 aliphatic heterocycles. The third-order valence-electron chi connectivity index (χ3n) is 4.38. The molecule has 0 saturated carbocycles. The number of nitrogens with zero attached hydrogens (tertiary/aromatic N) is 1. The summed E-state index contributed by atoms with van der Waals surface area (Å²) in [5.74, 6) is 0.236. The predicted molar refractivity (Wildman–Crippen MR) is 102 cm³/mol. The quantitative estimate of drug-likeness (QED) is 0.906. The number of aryl methyl sites for hydroxylation is 2. The molecule has 2 aromatic carbocycles. The summed E-state index contributed by atoms with van der Waals surface area (Å²) in [6.07, 6.45) is 0. The van der Waals surface area contributed by atoms with Gasteiger partial charge in [0.1, 0.15) is 11.4 Å². The van der Waals surface area contributed by atoms with Gasteiger partial charge in [-0.2, -0.15) is 0 Å². The molecule has 0 spiro atoms. The van der Waals surface area contributed by atoms with Crippen molar-refractivity contribution in [1.29, 1.82) is 0 Å². The van der Waals surface area contributed by atoms with Gasteiger partial charge < -0.3 is 10.2 Å². The first-order chi connectivity index (χ1) is 12.0. The maximum Gasteiger partial charge on any atom is 0.246 e. The lowest BCUT2D eigenvalue weighted by Crippen LogP contribution is -2.44. The molecule has 0 bridgehead atoms. The Bertz CT molecular complexity index is 771. The summed E-state index contributed by atoms with van der Waals surface area (Å²) in [6.45, 7) is 5.82. The van der Waals surface area contributed by atoms with E-state index in [1.54, 1.807) is 23.6 Å². The van der Waals surface area contributed by atoms with Crippen LogP contribution in [-0.4, -0.2) is 28.5 Å². The highest BCUT2D eigenvalue weighted by atomic mass is 32.2. The number of rotatable bonds is 4. The van der Waals surface area contributed by atoms with Crippen molar-refractivity contribution in [2.45, 2.75) is 32.2 Å². The fourth-order valence-electron chi connectivity index (χ4n) is 2.85. The van der Waals surface area contributed by atoms with Gasteiger partial charge in [-0.25, -0.2) is 0 Å². The molecular weight excluding hydrogens is 332 g/mol. The number of nitrogens with one attached hydrogen (secondary N) is 1. The van der Waals surface area contributed by atoms with E-state index in [1.807, 2.05) is 62.4 Å². The average molecular weight is 354 g/mol. The number of hydrogen-bond acceptors (Lipinski definition) is 3. The summed E-state index contributed by atoms with van der Waals surface area (Å²) in [7, 11) is 0. The summed E-state index contributed by atoms with van der Waals surface area (Å²) in [4.78, 5) is 26.7. The summed E-state index contributed by atoms with van der Waals surface area (Å²) in [5.41, 5.74) is 4.11. The molecule has 1 N–H and O–H groups in total. The first-order valence-corrected chi connectivity index (χ1v) is 9.37. The van der Waals surface area contributed by atoms with E-state index < -0.39 is 6.04 Å². The third-order valence-corrected chi connectivity index (χ3v) is 5.61. The number of carbonyl (C=O) groups is 2. The van der Waals surface area contributed by atoms with E-state index in [4.69, 9.17) is 0 Å². The van der Waals surface area contributed by atoms with Crippen molar-refractivity contribution in [2.75, 3.05) is 11.1 Å². The van der Waals surface area contributed by atoms with Gasteiger partial charge in [-0.3, -0.25) is 9.59 Å². The molecule has 1 aliphatic rings. The lowest BCUT2D eigenvalue weighted by Gasteiger charge is -2.29. The minimum Gasteiger partial charge on any atom is -0.324 e. The first kappa shape index (κ1) is 17.5. The molecule has 0 aromatic heterocycles. The van der Waals surface area contributed by atoms with E-state index in [2.05, 4.69) is 5.32 Å². The molecule has 0 aliphatic carbocycles. The average Bonchev–Trinajstić information content (AvgIpc) is 2.98. The van der Waals surface area contributed by atoms with Crippen LogP contribution in [0.15, 0.2) is 48.5 Å². The van der Waals surface area contributed by atoms with Crippen molar-refractivity contribution >= 4 is 29.3 Å². The van der Waals surface area contributed by atoms with Crippen LogP contribution >= 0.6 is 11.8 Å². The third kappa shape index (κ3) is 3.87. The van der Waals surface area contributed by atoms with Crippen LogP contribution in [0.3, 0.4) is 0 Å². The second-order valence-corrected chi connectivity index (χ2v) is 7.47. The predicted octanol–water partition coefficient (Wildman–Crippen LogP) is 3.90. The van der Waals surface area contributed by atoms with Crippen molar-refractivity contribution in [3.05, 3.63) is 65.2 Å². The maximum absolute atomic E-state index is 12.6. The van der Waals surface area contributed by atoms with Crippen LogP contribution in [0.4, 0.5) is 5.69 Å². The Balaban J connectivity index is 1.77. The number of amides is 2. The molecule has 25 heavy (non-hydrogen) atoms. The number of benzene rings is 2. The van der Waals surface area contributed by atoms with Gasteiger partial charge in [-0.05, 0) is 38.5 Å².